The Hall–Kier alpha value is -2.27. The first-order valence-corrected chi connectivity index (χ1v) is 8.22. The number of aryl methyl sites for hydroxylation is 1. The summed E-state index contributed by atoms with van der Waals surface area (Å²) in [6.45, 7) is 4.74. The number of amides is 1. The SMILES string of the molecule is Cc1ccc(CN(C)CC(=O)N(C)C(C)c2ccc(F)c(F)c2)cc1. The van der Waals surface area contributed by atoms with Gasteiger partial charge in [0, 0.05) is 13.6 Å². The standard InChI is InChI=1S/C20H24F2N2O/c1-14-5-7-16(8-6-14)12-23(3)13-20(25)24(4)15(2)17-9-10-18(21)19(22)11-17/h5-11,15H,12-13H2,1-4H3. The number of carbonyl (C=O) groups excluding carboxylic acids is 1. The first-order valence-electron chi connectivity index (χ1n) is 8.22. The third-order valence-corrected chi connectivity index (χ3v) is 4.38. The van der Waals surface area contributed by atoms with Crippen LogP contribution in [0, 0.1) is 18.6 Å². The fourth-order valence-corrected chi connectivity index (χ4v) is 2.62. The number of rotatable bonds is 6. The van der Waals surface area contributed by atoms with Gasteiger partial charge in [-0.25, -0.2) is 8.78 Å². The molecule has 2 aromatic rings. The third kappa shape index (κ3) is 5.10. The lowest BCUT2D eigenvalue weighted by molar-refractivity contribution is -0.132. The number of carbonyl (C=O) groups is 1. The molecule has 2 rings (SSSR count). The molecular formula is C20H24F2N2O. The molecule has 0 aliphatic rings. The summed E-state index contributed by atoms with van der Waals surface area (Å²) < 4.78 is 26.5. The fourth-order valence-electron chi connectivity index (χ4n) is 2.62. The molecule has 0 bridgehead atoms. The Balaban J connectivity index is 1.96. The van der Waals surface area contributed by atoms with Gasteiger partial charge in [0.05, 0.1) is 12.6 Å². The average Bonchev–Trinajstić information content (AvgIpc) is 2.58. The second-order valence-corrected chi connectivity index (χ2v) is 6.51. The summed E-state index contributed by atoms with van der Waals surface area (Å²) in [7, 11) is 3.56. The molecule has 0 aliphatic heterocycles. The monoisotopic (exact) mass is 346 g/mol. The molecule has 0 aromatic heterocycles. The largest absolute Gasteiger partial charge is 0.338 e. The number of benzene rings is 2. The molecule has 0 radical (unpaired) electrons. The van der Waals surface area contributed by atoms with E-state index in [1.54, 1.807) is 18.9 Å². The molecule has 0 aliphatic carbocycles. The van der Waals surface area contributed by atoms with Gasteiger partial charge in [-0.15, -0.1) is 0 Å². The highest BCUT2D eigenvalue weighted by Gasteiger charge is 2.19. The summed E-state index contributed by atoms with van der Waals surface area (Å²) >= 11 is 0. The number of hydrogen-bond donors (Lipinski definition) is 0. The van der Waals surface area contributed by atoms with Gasteiger partial charge in [-0.2, -0.15) is 0 Å². The Bertz CT molecular complexity index is 731. The van der Waals surface area contributed by atoms with E-state index in [1.807, 2.05) is 43.1 Å². The molecule has 0 N–H and O–H groups in total. The van der Waals surface area contributed by atoms with Crippen molar-refractivity contribution in [2.75, 3.05) is 20.6 Å². The number of likely N-dealkylation sites (N-methyl/N-ethyl adjacent to an activating group) is 2. The van der Waals surface area contributed by atoms with Gasteiger partial charge >= 0.3 is 0 Å². The van der Waals surface area contributed by atoms with Gasteiger partial charge in [0.1, 0.15) is 0 Å². The van der Waals surface area contributed by atoms with Crippen molar-refractivity contribution in [2.45, 2.75) is 26.4 Å². The number of hydrogen-bond acceptors (Lipinski definition) is 2. The molecule has 0 saturated carbocycles. The van der Waals surface area contributed by atoms with Crippen LogP contribution in [0.25, 0.3) is 0 Å². The molecule has 3 nitrogen and oxygen atoms in total. The normalized spacial score (nSPS) is 12.3. The average molecular weight is 346 g/mol. The molecule has 0 saturated heterocycles. The molecule has 5 heteroatoms. The van der Waals surface area contributed by atoms with E-state index in [0.717, 1.165) is 17.7 Å². The fraction of sp³-hybridized carbons (Fsp3) is 0.350. The van der Waals surface area contributed by atoms with Gasteiger partial charge in [-0.05, 0) is 44.2 Å². The van der Waals surface area contributed by atoms with Crippen LogP contribution in [0.15, 0.2) is 42.5 Å². The van der Waals surface area contributed by atoms with E-state index in [4.69, 9.17) is 0 Å². The minimum atomic E-state index is -0.901. The predicted molar refractivity (Wildman–Crippen MR) is 95.1 cm³/mol. The van der Waals surface area contributed by atoms with E-state index in [1.165, 1.54) is 11.6 Å². The molecule has 0 spiro atoms. The van der Waals surface area contributed by atoms with Crippen LogP contribution in [-0.4, -0.2) is 36.3 Å². The highest BCUT2D eigenvalue weighted by atomic mass is 19.2. The predicted octanol–water partition coefficient (Wildman–Crippen LogP) is 3.92. The van der Waals surface area contributed by atoms with Crippen LogP contribution < -0.4 is 0 Å². The van der Waals surface area contributed by atoms with E-state index in [9.17, 15) is 13.6 Å². The summed E-state index contributed by atoms with van der Waals surface area (Å²) in [5, 5.41) is 0. The molecule has 1 unspecified atom stereocenters. The summed E-state index contributed by atoms with van der Waals surface area (Å²) in [6, 6.07) is 11.6. The Morgan fingerprint density at radius 3 is 2.28 bits per heavy atom. The van der Waals surface area contributed by atoms with Gasteiger partial charge in [-0.3, -0.25) is 9.69 Å². The minimum absolute atomic E-state index is 0.0770. The van der Waals surface area contributed by atoms with Crippen LogP contribution in [0.2, 0.25) is 0 Å². The smallest absolute Gasteiger partial charge is 0.236 e. The Labute approximate surface area is 147 Å². The molecule has 0 heterocycles. The highest BCUT2D eigenvalue weighted by Crippen LogP contribution is 2.21. The zero-order valence-electron chi connectivity index (χ0n) is 15.1. The van der Waals surface area contributed by atoms with Crippen molar-refractivity contribution in [1.82, 2.24) is 9.80 Å². The van der Waals surface area contributed by atoms with Crippen molar-refractivity contribution in [3.8, 4) is 0 Å². The highest BCUT2D eigenvalue weighted by molar-refractivity contribution is 5.78. The van der Waals surface area contributed by atoms with Crippen molar-refractivity contribution in [3.05, 3.63) is 70.8 Å². The Kier molecular flexibility index (Phi) is 6.26. The Morgan fingerprint density at radius 1 is 1.04 bits per heavy atom. The van der Waals surface area contributed by atoms with Crippen molar-refractivity contribution < 1.29 is 13.6 Å². The van der Waals surface area contributed by atoms with Crippen LogP contribution >= 0.6 is 0 Å². The molecule has 0 fully saturated rings. The van der Waals surface area contributed by atoms with Gasteiger partial charge in [0.15, 0.2) is 11.6 Å². The topological polar surface area (TPSA) is 23.6 Å². The van der Waals surface area contributed by atoms with Crippen LogP contribution in [0.4, 0.5) is 8.78 Å². The van der Waals surface area contributed by atoms with Crippen molar-refractivity contribution in [3.63, 3.8) is 0 Å². The second-order valence-electron chi connectivity index (χ2n) is 6.51. The van der Waals surface area contributed by atoms with Crippen LogP contribution in [0.3, 0.4) is 0 Å². The Morgan fingerprint density at radius 2 is 1.68 bits per heavy atom. The van der Waals surface area contributed by atoms with Gasteiger partial charge in [0.2, 0.25) is 5.91 Å². The van der Waals surface area contributed by atoms with E-state index in [-0.39, 0.29) is 18.5 Å². The molecule has 134 valence electrons. The zero-order valence-corrected chi connectivity index (χ0v) is 15.1. The first-order chi connectivity index (χ1) is 11.8. The number of halogens is 2. The molecule has 1 amide bonds. The lowest BCUT2D eigenvalue weighted by Gasteiger charge is -2.27. The maximum absolute atomic E-state index is 13.4. The summed E-state index contributed by atoms with van der Waals surface area (Å²) in [5.41, 5.74) is 2.90. The quantitative estimate of drug-likeness (QED) is 0.791. The molecule has 25 heavy (non-hydrogen) atoms. The van der Waals surface area contributed by atoms with Crippen molar-refractivity contribution in [1.29, 1.82) is 0 Å². The van der Waals surface area contributed by atoms with Crippen LogP contribution in [0.5, 0.6) is 0 Å². The third-order valence-electron chi connectivity index (χ3n) is 4.38. The van der Waals surface area contributed by atoms with Gasteiger partial charge < -0.3 is 4.90 Å². The number of nitrogens with zero attached hydrogens (tertiary/aromatic N) is 2. The lowest BCUT2D eigenvalue weighted by atomic mass is 10.1. The molecule has 1 atom stereocenters. The van der Waals surface area contributed by atoms with E-state index in [2.05, 4.69) is 0 Å². The van der Waals surface area contributed by atoms with E-state index < -0.39 is 11.6 Å². The van der Waals surface area contributed by atoms with Crippen molar-refractivity contribution in [2.24, 2.45) is 0 Å². The van der Waals surface area contributed by atoms with Crippen LogP contribution in [-0.2, 0) is 11.3 Å². The maximum Gasteiger partial charge on any atom is 0.236 e. The molecular weight excluding hydrogens is 322 g/mol. The van der Waals surface area contributed by atoms with Gasteiger partial charge in [-0.1, -0.05) is 35.9 Å². The lowest BCUT2D eigenvalue weighted by Crippen LogP contribution is -2.37. The summed E-state index contributed by atoms with van der Waals surface area (Å²) in [4.78, 5) is 16.0. The summed E-state index contributed by atoms with van der Waals surface area (Å²) in [6.07, 6.45) is 0. The van der Waals surface area contributed by atoms with E-state index >= 15 is 0 Å². The van der Waals surface area contributed by atoms with Crippen LogP contribution in [0.1, 0.15) is 29.7 Å². The first kappa shape index (κ1) is 19.1. The molecule has 2 aromatic carbocycles. The summed E-state index contributed by atoms with van der Waals surface area (Å²) in [5.74, 6) is -1.86. The maximum atomic E-state index is 13.4. The van der Waals surface area contributed by atoms with Crippen molar-refractivity contribution >= 4 is 5.91 Å². The van der Waals surface area contributed by atoms with E-state index in [0.29, 0.717) is 12.1 Å². The minimum Gasteiger partial charge on any atom is -0.338 e. The second kappa shape index (κ2) is 8.21. The zero-order chi connectivity index (χ0) is 18.6. The van der Waals surface area contributed by atoms with Gasteiger partial charge in [0.25, 0.3) is 0 Å².